The Bertz CT molecular complexity index is 3930. The summed E-state index contributed by atoms with van der Waals surface area (Å²) in [7, 11) is 0. The maximum Gasteiger partial charge on any atom is 0.159 e. The summed E-state index contributed by atoms with van der Waals surface area (Å²) in [6.45, 7) is 0. The van der Waals surface area contributed by atoms with Gasteiger partial charge in [0.1, 0.15) is 23.2 Å². The molecular weight excluding hydrogens is 815 g/mol. The molecule has 1 aromatic heterocycles. The number of nitrogens with one attached hydrogen (secondary N) is 1. The molecule has 0 radical (unpaired) electrons. The molecule has 0 bridgehead atoms. The average Bonchev–Trinajstić information content (AvgIpc) is 3.80. The highest BCUT2D eigenvalue weighted by molar-refractivity contribution is 6.20. The van der Waals surface area contributed by atoms with Gasteiger partial charge >= 0.3 is 0 Å². The van der Waals surface area contributed by atoms with E-state index in [-0.39, 0.29) is 6.17 Å². The van der Waals surface area contributed by atoms with Crippen LogP contribution < -0.4 is 5.32 Å². The summed E-state index contributed by atoms with van der Waals surface area (Å²) in [6, 6.07) is 84.2. The summed E-state index contributed by atoms with van der Waals surface area (Å²) in [6.07, 6.45) is -0.357. The van der Waals surface area contributed by atoms with Gasteiger partial charge in [-0.3, -0.25) is 0 Å². The van der Waals surface area contributed by atoms with E-state index in [1.165, 1.54) is 38.2 Å². The zero-order valence-corrected chi connectivity index (χ0v) is 36.4. The van der Waals surface area contributed by atoms with Crippen molar-refractivity contribution in [3.63, 3.8) is 0 Å². The van der Waals surface area contributed by atoms with Gasteiger partial charge in [0.05, 0.1) is 0 Å². The van der Waals surface area contributed by atoms with Crippen LogP contribution in [-0.2, 0) is 0 Å². The van der Waals surface area contributed by atoms with Crippen LogP contribution in [0.5, 0.6) is 0 Å². The van der Waals surface area contributed by atoms with Crippen LogP contribution in [-0.4, -0.2) is 11.7 Å². The Hall–Kier alpha value is -8.86. The Balaban J connectivity index is 0.913. The van der Waals surface area contributed by atoms with Gasteiger partial charge in [0.25, 0.3) is 0 Å². The number of para-hydroxylation sites is 1. The van der Waals surface area contributed by atoms with Crippen molar-refractivity contribution >= 4 is 65.9 Å². The van der Waals surface area contributed by atoms with Crippen molar-refractivity contribution < 1.29 is 4.42 Å². The van der Waals surface area contributed by atoms with Gasteiger partial charge in [-0.1, -0.05) is 212 Å². The van der Waals surface area contributed by atoms with E-state index in [0.717, 1.165) is 83.1 Å². The average molecular weight is 856 g/mol. The number of amidine groups is 2. The lowest BCUT2D eigenvalue weighted by Crippen LogP contribution is -2.33. The molecule has 0 aliphatic carbocycles. The van der Waals surface area contributed by atoms with E-state index in [4.69, 9.17) is 14.4 Å². The van der Waals surface area contributed by atoms with Gasteiger partial charge in [-0.25, -0.2) is 9.98 Å². The minimum atomic E-state index is -0.357. The number of aliphatic imine (C=N–C) groups is 2. The van der Waals surface area contributed by atoms with Crippen molar-refractivity contribution in [3.8, 4) is 44.5 Å². The Kier molecular flexibility index (Phi) is 9.21. The Morgan fingerprint density at radius 1 is 0.358 bits per heavy atom. The minimum Gasteiger partial charge on any atom is -0.455 e. The molecule has 1 aliphatic heterocycles. The summed E-state index contributed by atoms with van der Waals surface area (Å²) >= 11 is 0. The fourth-order valence-electron chi connectivity index (χ4n) is 9.99. The lowest BCUT2D eigenvalue weighted by atomic mass is 9.91. The predicted molar refractivity (Wildman–Crippen MR) is 280 cm³/mol. The fourth-order valence-corrected chi connectivity index (χ4v) is 9.99. The van der Waals surface area contributed by atoms with Crippen LogP contribution >= 0.6 is 0 Å². The second-order valence-electron chi connectivity index (χ2n) is 17.3. The number of hydrogen-bond acceptors (Lipinski definition) is 4. The van der Waals surface area contributed by atoms with Gasteiger partial charge in [0.15, 0.2) is 5.84 Å². The first-order chi connectivity index (χ1) is 33.2. The molecule has 0 fully saturated rings. The van der Waals surface area contributed by atoms with E-state index in [1.807, 2.05) is 6.07 Å². The van der Waals surface area contributed by atoms with E-state index in [0.29, 0.717) is 5.84 Å². The van der Waals surface area contributed by atoms with E-state index in [2.05, 4.69) is 236 Å². The molecule has 1 aliphatic rings. The number of nitrogens with zero attached hydrogens (tertiary/aromatic N) is 2. The number of benzene rings is 11. The lowest BCUT2D eigenvalue weighted by molar-refractivity contribution is 0.670. The third kappa shape index (κ3) is 6.86. The van der Waals surface area contributed by atoms with Crippen molar-refractivity contribution in [1.29, 1.82) is 0 Å². The molecular formula is C63H41N3O. The number of fused-ring (bicyclic) bond motifs is 6. The molecule has 0 saturated heterocycles. The third-order valence-corrected chi connectivity index (χ3v) is 13.3. The van der Waals surface area contributed by atoms with E-state index < -0.39 is 0 Å². The topological polar surface area (TPSA) is 49.9 Å². The van der Waals surface area contributed by atoms with Gasteiger partial charge in [0.2, 0.25) is 0 Å². The monoisotopic (exact) mass is 855 g/mol. The van der Waals surface area contributed by atoms with Crippen LogP contribution in [0.1, 0.15) is 22.9 Å². The molecule has 0 amide bonds. The van der Waals surface area contributed by atoms with Crippen molar-refractivity contribution in [2.45, 2.75) is 6.17 Å². The molecule has 13 rings (SSSR count). The van der Waals surface area contributed by atoms with Crippen LogP contribution in [0.15, 0.2) is 251 Å². The van der Waals surface area contributed by atoms with Crippen molar-refractivity contribution in [3.05, 3.63) is 253 Å². The van der Waals surface area contributed by atoms with Crippen molar-refractivity contribution in [2.24, 2.45) is 9.98 Å². The first kappa shape index (κ1) is 38.6. The largest absolute Gasteiger partial charge is 0.455 e. The first-order valence-corrected chi connectivity index (χ1v) is 22.8. The highest BCUT2D eigenvalue weighted by Crippen LogP contribution is 2.43. The smallest absolute Gasteiger partial charge is 0.159 e. The second kappa shape index (κ2) is 16.0. The molecule has 67 heavy (non-hydrogen) atoms. The quantitative estimate of drug-likeness (QED) is 0.174. The summed E-state index contributed by atoms with van der Waals surface area (Å²) < 4.78 is 6.86. The molecule has 0 spiro atoms. The molecule has 314 valence electrons. The molecule has 2 heterocycles. The Morgan fingerprint density at radius 3 is 1.76 bits per heavy atom. The third-order valence-electron chi connectivity index (χ3n) is 13.3. The lowest BCUT2D eigenvalue weighted by Gasteiger charge is -2.24. The maximum absolute atomic E-state index is 6.86. The standard InChI is InChI=1S/C63H41N3O/c1-2-15-45(16-3-1)61-64-62(46-34-27-41(28-35-46)48-36-29-40-13-4-5-17-47(40)37-48)66-63(65-61)50-38-49-18-7-9-21-53(49)57(39-50)55-24-12-26-58-59(55)56-25-11-23-54(60(56)67-58)44-32-30-43(31-33-44)52-22-10-19-42-14-6-8-20-51(42)52/h1-39,62H,(H,64,65,66). The molecule has 1 atom stereocenters. The van der Waals surface area contributed by atoms with Gasteiger partial charge in [-0.15, -0.1) is 0 Å². The van der Waals surface area contributed by atoms with Gasteiger partial charge < -0.3 is 9.73 Å². The number of rotatable bonds is 7. The molecule has 1 unspecified atom stereocenters. The maximum atomic E-state index is 6.86. The van der Waals surface area contributed by atoms with Gasteiger partial charge in [0, 0.05) is 27.5 Å². The summed E-state index contributed by atoms with van der Waals surface area (Å²) in [5.74, 6) is 1.45. The molecule has 0 saturated carbocycles. The van der Waals surface area contributed by atoms with Crippen LogP contribution in [0.25, 0.3) is 98.8 Å². The van der Waals surface area contributed by atoms with Crippen LogP contribution in [0, 0.1) is 0 Å². The van der Waals surface area contributed by atoms with Crippen LogP contribution in [0.3, 0.4) is 0 Å². The minimum absolute atomic E-state index is 0.357. The van der Waals surface area contributed by atoms with Gasteiger partial charge in [-0.2, -0.15) is 0 Å². The summed E-state index contributed by atoms with van der Waals surface area (Å²) in [4.78, 5) is 10.6. The number of hydrogen-bond donors (Lipinski definition) is 1. The van der Waals surface area contributed by atoms with E-state index >= 15 is 0 Å². The zero-order valence-electron chi connectivity index (χ0n) is 36.4. The summed E-state index contributed by atoms with van der Waals surface area (Å²) in [5.41, 5.74) is 13.8. The molecule has 11 aromatic carbocycles. The molecule has 1 N–H and O–H groups in total. The Labute approximate surface area is 387 Å². The SMILES string of the molecule is c1ccc(C2=NC(c3cc(-c4cccc5oc6c(-c7ccc(-c8cccc9ccccc89)cc7)cccc6c45)c4ccccc4c3)=NC(c3ccc(-c4ccc5ccccc5c4)cc3)N2)cc1. The second-order valence-corrected chi connectivity index (χ2v) is 17.3. The number of furan rings is 1. The highest BCUT2D eigenvalue weighted by atomic mass is 16.3. The Morgan fingerprint density at radius 2 is 0.940 bits per heavy atom. The summed E-state index contributed by atoms with van der Waals surface area (Å²) in [5, 5.41) is 13.1. The predicted octanol–water partition coefficient (Wildman–Crippen LogP) is 16.2. The van der Waals surface area contributed by atoms with Crippen molar-refractivity contribution in [2.75, 3.05) is 0 Å². The van der Waals surface area contributed by atoms with Crippen molar-refractivity contribution in [1.82, 2.24) is 5.32 Å². The zero-order chi connectivity index (χ0) is 44.3. The van der Waals surface area contributed by atoms with Crippen LogP contribution in [0.4, 0.5) is 0 Å². The van der Waals surface area contributed by atoms with Gasteiger partial charge in [-0.05, 0) is 101 Å². The molecule has 4 nitrogen and oxygen atoms in total. The molecule has 4 heteroatoms. The molecule has 12 aromatic rings. The highest BCUT2D eigenvalue weighted by Gasteiger charge is 2.24. The van der Waals surface area contributed by atoms with E-state index in [9.17, 15) is 0 Å². The fraction of sp³-hybridized carbons (Fsp3) is 0.0159. The normalized spacial score (nSPS) is 13.8. The van der Waals surface area contributed by atoms with E-state index in [1.54, 1.807) is 0 Å². The first-order valence-electron chi connectivity index (χ1n) is 22.8. The van der Waals surface area contributed by atoms with Crippen LogP contribution in [0.2, 0.25) is 0 Å².